The lowest BCUT2D eigenvalue weighted by atomic mass is 10.3. The predicted octanol–water partition coefficient (Wildman–Crippen LogP) is 2.92. The molecule has 0 bridgehead atoms. The maximum Gasteiger partial charge on any atom is 0.433 e. The minimum atomic E-state index is -4.89. The molecule has 0 fully saturated rings. The number of pyridine rings is 1. The van der Waals surface area contributed by atoms with Gasteiger partial charge in [-0.05, 0) is 18.2 Å². The van der Waals surface area contributed by atoms with Crippen molar-refractivity contribution in [3.8, 4) is 0 Å². The van der Waals surface area contributed by atoms with Gasteiger partial charge in [0.15, 0.2) is 0 Å². The third kappa shape index (κ3) is 2.36. The van der Waals surface area contributed by atoms with Crippen molar-refractivity contribution >= 4 is 0 Å². The lowest BCUT2D eigenvalue weighted by Gasteiger charge is -2.09. The van der Waals surface area contributed by atoms with Crippen molar-refractivity contribution in [2.45, 2.75) is 12.4 Å². The topological polar surface area (TPSA) is 12.9 Å². The Balaban J connectivity index is 3.15. The van der Waals surface area contributed by atoms with Gasteiger partial charge in [-0.1, -0.05) is 0 Å². The van der Waals surface area contributed by atoms with Crippen molar-refractivity contribution in [3.63, 3.8) is 0 Å². The molecule has 0 spiro atoms. The minimum Gasteiger partial charge on any atom is -0.239 e. The largest absolute Gasteiger partial charge is 0.433 e. The molecule has 0 amide bonds. The van der Waals surface area contributed by atoms with Crippen LogP contribution in [-0.4, -0.2) is 4.98 Å². The van der Waals surface area contributed by atoms with E-state index in [0.717, 1.165) is 0 Å². The summed E-state index contributed by atoms with van der Waals surface area (Å²) in [6, 6.07) is 2.45. The van der Waals surface area contributed by atoms with E-state index in [1.807, 2.05) is 0 Å². The zero-order valence-electron chi connectivity index (χ0n) is 6.37. The first kappa shape index (κ1) is 10.8. The van der Waals surface area contributed by atoms with Crippen LogP contribution in [0.4, 0.5) is 26.3 Å². The molecule has 1 heterocycles. The molecule has 1 aromatic rings. The van der Waals surface area contributed by atoms with Gasteiger partial charge in [-0.2, -0.15) is 26.3 Å². The summed E-state index contributed by atoms with van der Waals surface area (Å²) in [5.74, 6) is 0. The average molecular weight is 214 g/mol. The molecule has 0 saturated carbocycles. The molecular formula is C7H2F6N. The lowest BCUT2D eigenvalue weighted by molar-refractivity contribution is -0.150. The van der Waals surface area contributed by atoms with E-state index in [4.69, 9.17) is 0 Å². The van der Waals surface area contributed by atoms with Crippen molar-refractivity contribution in [2.75, 3.05) is 0 Å². The number of aromatic nitrogens is 1. The van der Waals surface area contributed by atoms with Gasteiger partial charge in [-0.3, -0.25) is 0 Å². The van der Waals surface area contributed by atoms with Crippen LogP contribution in [0.3, 0.4) is 0 Å². The minimum absolute atomic E-state index is 0.356. The molecule has 77 valence electrons. The Morgan fingerprint density at radius 3 is 1.50 bits per heavy atom. The van der Waals surface area contributed by atoms with E-state index in [-0.39, 0.29) is 0 Å². The van der Waals surface area contributed by atoms with Gasteiger partial charge in [0.1, 0.15) is 11.4 Å². The van der Waals surface area contributed by atoms with Crippen molar-refractivity contribution in [1.29, 1.82) is 0 Å². The van der Waals surface area contributed by atoms with Crippen LogP contribution in [0.15, 0.2) is 12.1 Å². The molecule has 7 heteroatoms. The van der Waals surface area contributed by atoms with Crippen molar-refractivity contribution in [3.05, 3.63) is 29.6 Å². The first-order valence-corrected chi connectivity index (χ1v) is 3.24. The monoisotopic (exact) mass is 214 g/mol. The lowest BCUT2D eigenvalue weighted by Crippen LogP contribution is -2.14. The van der Waals surface area contributed by atoms with Crippen LogP contribution in [0.2, 0.25) is 0 Å². The van der Waals surface area contributed by atoms with Gasteiger partial charge >= 0.3 is 12.4 Å². The first-order chi connectivity index (χ1) is 6.21. The van der Waals surface area contributed by atoms with Crippen LogP contribution in [-0.2, 0) is 12.4 Å². The summed E-state index contributed by atoms with van der Waals surface area (Å²) in [6.07, 6.45) is -9.78. The summed E-state index contributed by atoms with van der Waals surface area (Å²) in [5.41, 5.74) is -3.21. The molecule has 0 atom stereocenters. The molecule has 1 aromatic heterocycles. The molecule has 1 radical (unpaired) electrons. The maximum atomic E-state index is 11.9. The molecule has 1 nitrogen and oxygen atoms in total. The summed E-state index contributed by atoms with van der Waals surface area (Å²) >= 11 is 0. The van der Waals surface area contributed by atoms with E-state index >= 15 is 0 Å². The maximum absolute atomic E-state index is 11.9. The third-order valence-corrected chi connectivity index (χ3v) is 1.26. The van der Waals surface area contributed by atoms with Crippen molar-refractivity contribution in [2.24, 2.45) is 0 Å². The molecule has 0 aliphatic heterocycles. The van der Waals surface area contributed by atoms with Crippen LogP contribution in [0.25, 0.3) is 0 Å². The normalized spacial score (nSPS) is 13.0. The molecule has 1 rings (SSSR count). The second kappa shape index (κ2) is 3.14. The Morgan fingerprint density at radius 1 is 0.857 bits per heavy atom. The highest BCUT2D eigenvalue weighted by molar-refractivity contribution is 5.14. The van der Waals surface area contributed by atoms with Gasteiger partial charge in [0.2, 0.25) is 0 Å². The fourth-order valence-corrected chi connectivity index (χ4v) is 0.684. The molecule has 0 aliphatic carbocycles. The Kier molecular flexibility index (Phi) is 2.43. The van der Waals surface area contributed by atoms with E-state index in [9.17, 15) is 26.3 Å². The summed E-state index contributed by atoms with van der Waals surface area (Å²) in [4.78, 5) is 2.43. The van der Waals surface area contributed by atoms with E-state index < -0.39 is 23.7 Å². The smallest absolute Gasteiger partial charge is 0.239 e. The second-order valence-electron chi connectivity index (χ2n) is 2.33. The number of hydrogen-bond acceptors (Lipinski definition) is 1. The molecule has 0 unspecified atom stereocenters. The highest BCUT2D eigenvalue weighted by Crippen LogP contribution is 2.32. The van der Waals surface area contributed by atoms with Crippen LogP contribution >= 0.6 is 0 Å². The van der Waals surface area contributed by atoms with Crippen molar-refractivity contribution in [1.82, 2.24) is 4.98 Å². The second-order valence-corrected chi connectivity index (χ2v) is 2.33. The molecule has 0 aromatic carbocycles. The quantitative estimate of drug-likeness (QED) is 0.605. The van der Waals surface area contributed by atoms with Gasteiger partial charge in [-0.25, -0.2) is 4.98 Å². The van der Waals surface area contributed by atoms with Crippen LogP contribution in [0.5, 0.6) is 0 Å². The molecule has 0 saturated heterocycles. The van der Waals surface area contributed by atoms with Gasteiger partial charge < -0.3 is 0 Å². The molecule has 0 N–H and O–H groups in total. The summed E-state index contributed by atoms with van der Waals surface area (Å²) in [6.45, 7) is 0. The Labute approximate surface area is 74.4 Å². The number of rotatable bonds is 0. The van der Waals surface area contributed by atoms with Gasteiger partial charge in [-0.15, -0.1) is 0 Å². The molecule has 14 heavy (non-hydrogen) atoms. The highest BCUT2D eigenvalue weighted by Gasteiger charge is 2.37. The van der Waals surface area contributed by atoms with Gasteiger partial charge in [0.25, 0.3) is 0 Å². The third-order valence-electron chi connectivity index (χ3n) is 1.26. The van der Waals surface area contributed by atoms with E-state index in [1.54, 1.807) is 6.07 Å². The standard InChI is InChI=1S/C7H2F6N/c8-6(9,10)4-2-1-3-5(14-4)7(11,12)13/h2-3H. The number of hydrogen-bond donors (Lipinski definition) is 0. The van der Waals surface area contributed by atoms with E-state index in [1.165, 1.54) is 0 Å². The summed E-state index contributed by atoms with van der Waals surface area (Å²) in [5, 5.41) is 0. The molecule has 0 aliphatic rings. The fourth-order valence-electron chi connectivity index (χ4n) is 0.684. The SMILES string of the molecule is FC(F)(F)c1c[c]cc(C(F)(F)F)n1. The Morgan fingerprint density at radius 2 is 1.21 bits per heavy atom. The van der Waals surface area contributed by atoms with Crippen LogP contribution < -0.4 is 0 Å². The Hall–Kier alpha value is -1.27. The zero-order chi connectivity index (χ0) is 11.0. The highest BCUT2D eigenvalue weighted by atomic mass is 19.4. The first-order valence-electron chi connectivity index (χ1n) is 3.24. The fraction of sp³-hybridized carbons (Fsp3) is 0.286. The van der Waals surface area contributed by atoms with Gasteiger partial charge in [0.05, 0.1) is 0 Å². The average Bonchev–Trinajstić information content (AvgIpc) is 2.01. The van der Waals surface area contributed by atoms with E-state index in [0.29, 0.717) is 12.1 Å². The number of nitrogens with zero attached hydrogens (tertiary/aromatic N) is 1. The van der Waals surface area contributed by atoms with E-state index in [2.05, 4.69) is 4.98 Å². The summed E-state index contributed by atoms with van der Waals surface area (Å²) in [7, 11) is 0. The zero-order valence-corrected chi connectivity index (χ0v) is 6.37. The molecular weight excluding hydrogens is 212 g/mol. The number of alkyl halides is 6. The van der Waals surface area contributed by atoms with Crippen molar-refractivity contribution < 1.29 is 26.3 Å². The Bertz CT molecular complexity index is 296. The van der Waals surface area contributed by atoms with Crippen LogP contribution in [0, 0.1) is 6.07 Å². The number of halogens is 6. The summed E-state index contributed by atoms with van der Waals surface area (Å²) < 4.78 is 71.4. The predicted molar refractivity (Wildman–Crippen MR) is 33.1 cm³/mol. The van der Waals surface area contributed by atoms with Crippen LogP contribution in [0.1, 0.15) is 11.4 Å². The van der Waals surface area contributed by atoms with Gasteiger partial charge in [0, 0.05) is 0 Å².